The number of likely N-dealkylation sites (tertiary alicyclic amines) is 1. The molecule has 0 radical (unpaired) electrons. The number of hydrogen-bond donors (Lipinski definition) is 0. The second-order valence-electron chi connectivity index (χ2n) is 10.2. The van der Waals surface area contributed by atoms with Crippen molar-refractivity contribution in [2.45, 2.75) is 149 Å². The second-order valence-corrected chi connectivity index (χ2v) is 10.2. The summed E-state index contributed by atoms with van der Waals surface area (Å²) in [6, 6.07) is 0. The summed E-state index contributed by atoms with van der Waals surface area (Å²) in [5.41, 5.74) is 0. The van der Waals surface area contributed by atoms with Crippen LogP contribution in [0, 0.1) is 5.92 Å². The number of hydrogen-bond acceptors (Lipinski definition) is 2. The molecular weight excluding hydrogens is 366 g/mol. The number of Topliss-reactive ketones (excluding diaryl/α,β-unsaturated/α-hetero) is 1. The van der Waals surface area contributed by atoms with Crippen molar-refractivity contribution >= 4 is 5.78 Å². The van der Waals surface area contributed by atoms with E-state index in [1.54, 1.807) is 0 Å². The normalized spacial score (nSPS) is 17.5. The van der Waals surface area contributed by atoms with Crippen LogP contribution in [0.5, 0.6) is 0 Å². The van der Waals surface area contributed by atoms with Gasteiger partial charge < -0.3 is 4.90 Å². The highest BCUT2D eigenvalue weighted by atomic mass is 16.1. The quantitative estimate of drug-likeness (QED) is 0.173. The molecule has 1 unspecified atom stereocenters. The van der Waals surface area contributed by atoms with Gasteiger partial charge in [-0.2, -0.15) is 0 Å². The van der Waals surface area contributed by atoms with Gasteiger partial charge in [-0.25, -0.2) is 0 Å². The lowest BCUT2D eigenvalue weighted by molar-refractivity contribution is -0.119. The van der Waals surface area contributed by atoms with E-state index >= 15 is 0 Å². The molecule has 0 N–H and O–H groups in total. The summed E-state index contributed by atoms with van der Waals surface area (Å²) >= 11 is 0. The predicted molar refractivity (Wildman–Crippen MR) is 133 cm³/mol. The molecule has 2 nitrogen and oxygen atoms in total. The summed E-state index contributed by atoms with van der Waals surface area (Å²) in [5, 5.41) is 0. The Morgan fingerprint density at radius 3 is 1.63 bits per heavy atom. The van der Waals surface area contributed by atoms with Gasteiger partial charge in [-0.1, -0.05) is 117 Å². The molecule has 2 heteroatoms. The van der Waals surface area contributed by atoms with Crippen LogP contribution in [0.25, 0.3) is 0 Å². The highest BCUT2D eigenvalue weighted by Gasteiger charge is 2.16. The zero-order chi connectivity index (χ0) is 21.7. The summed E-state index contributed by atoms with van der Waals surface area (Å²) in [5.74, 6) is 1.31. The van der Waals surface area contributed by atoms with Crippen LogP contribution < -0.4 is 0 Å². The van der Waals surface area contributed by atoms with Crippen molar-refractivity contribution < 1.29 is 4.79 Å². The maximum atomic E-state index is 12.1. The minimum absolute atomic E-state index is 0.495. The molecule has 1 saturated heterocycles. The van der Waals surface area contributed by atoms with E-state index in [1.807, 2.05) is 0 Å². The molecule has 0 aromatic rings. The molecule has 178 valence electrons. The van der Waals surface area contributed by atoms with E-state index in [-0.39, 0.29) is 0 Å². The summed E-state index contributed by atoms with van der Waals surface area (Å²) in [6.45, 7) is 8.04. The first-order valence-electron chi connectivity index (χ1n) is 14.0. The molecular formula is C28H55NO. The number of carbonyl (C=O) groups is 1. The van der Waals surface area contributed by atoms with Gasteiger partial charge in [-0.05, 0) is 31.7 Å². The Morgan fingerprint density at radius 2 is 1.17 bits per heavy atom. The molecule has 0 bridgehead atoms. The van der Waals surface area contributed by atoms with Gasteiger partial charge in [-0.3, -0.25) is 4.79 Å². The average molecular weight is 422 g/mol. The number of nitrogens with zero attached hydrogens (tertiary/aromatic N) is 1. The molecule has 0 aromatic carbocycles. The molecule has 0 amide bonds. The zero-order valence-corrected chi connectivity index (χ0v) is 20.9. The van der Waals surface area contributed by atoms with Gasteiger partial charge in [0.1, 0.15) is 5.78 Å². The molecule has 1 aliphatic rings. The summed E-state index contributed by atoms with van der Waals surface area (Å²) in [6.07, 6.45) is 28.0. The third-order valence-corrected chi connectivity index (χ3v) is 7.01. The van der Waals surface area contributed by atoms with Gasteiger partial charge in [0.2, 0.25) is 0 Å². The number of unbranched alkanes of at least 4 members (excludes halogenated alkanes) is 16. The van der Waals surface area contributed by atoms with Crippen LogP contribution in [0.1, 0.15) is 149 Å². The SMILES string of the molecule is CCCCCCCCCCCCCCCCCCCC(=O)CCN1CCCC(C)C1. The van der Waals surface area contributed by atoms with Crippen molar-refractivity contribution in [1.82, 2.24) is 4.90 Å². The Bertz CT molecular complexity index is 381. The van der Waals surface area contributed by atoms with Gasteiger partial charge in [0.05, 0.1) is 0 Å². The Kier molecular flexibility index (Phi) is 18.9. The maximum absolute atomic E-state index is 12.1. The minimum atomic E-state index is 0.495. The molecule has 30 heavy (non-hydrogen) atoms. The topological polar surface area (TPSA) is 20.3 Å². The van der Waals surface area contributed by atoms with Crippen molar-refractivity contribution in [1.29, 1.82) is 0 Å². The highest BCUT2D eigenvalue weighted by molar-refractivity contribution is 5.78. The van der Waals surface area contributed by atoms with Crippen LogP contribution >= 0.6 is 0 Å². The van der Waals surface area contributed by atoms with E-state index in [2.05, 4.69) is 18.7 Å². The van der Waals surface area contributed by atoms with Crippen LogP contribution in [0.4, 0.5) is 0 Å². The standard InChI is InChI=1S/C28H55NO/c1-3-4-5-6-7-8-9-10-11-12-13-14-15-16-17-18-19-22-28(30)23-25-29-24-20-21-27(2)26-29/h27H,3-26H2,1-2H3. The lowest BCUT2D eigenvalue weighted by Crippen LogP contribution is -2.35. The number of rotatable bonds is 21. The number of carbonyl (C=O) groups excluding carboxylic acids is 1. The Labute approximate surface area is 190 Å². The van der Waals surface area contributed by atoms with E-state index in [4.69, 9.17) is 0 Å². The Hall–Kier alpha value is -0.370. The lowest BCUT2D eigenvalue weighted by atomic mass is 9.99. The van der Waals surface area contributed by atoms with Crippen molar-refractivity contribution in [3.63, 3.8) is 0 Å². The van der Waals surface area contributed by atoms with Crippen molar-refractivity contribution in [3.8, 4) is 0 Å². The molecule has 1 rings (SSSR count). The van der Waals surface area contributed by atoms with Crippen LogP contribution in [-0.2, 0) is 4.79 Å². The molecule has 1 aliphatic heterocycles. The Balaban J connectivity index is 1.73. The smallest absolute Gasteiger partial charge is 0.134 e. The van der Waals surface area contributed by atoms with Gasteiger partial charge >= 0.3 is 0 Å². The summed E-state index contributed by atoms with van der Waals surface area (Å²) < 4.78 is 0. The first-order valence-corrected chi connectivity index (χ1v) is 14.0. The minimum Gasteiger partial charge on any atom is -0.303 e. The average Bonchev–Trinajstić information content (AvgIpc) is 2.74. The maximum Gasteiger partial charge on any atom is 0.134 e. The van der Waals surface area contributed by atoms with E-state index in [0.29, 0.717) is 5.78 Å². The largest absolute Gasteiger partial charge is 0.303 e. The van der Waals surface area contributed by atoms with E-state index in [0.717, 1.165) is 31.7 Å². The lowest BCUT2D eigenvalue weighted by Gasteiger charge is -2.30. The van der Waals surface area contributed by atoms with Gasteiger partial charge in [0.25, 0.3) is 0 Å². The van der Waals surface area contributed by atoms with Gasteiger partial charge in [0, 0.05) is 25.9 Å². The third-order valence-electron chi connectivity index (χ3n) is 7.01. The predicted octanol–water partition coefficient (Wildman–Crippen LogP) is 8.72. The molecule has 0 spiro atoms. The van der Waals surface area contributed by atoms with Crippen LogP contribution in [0.2, 0.25) is 0 Å². The molecule has 0 aromatic heterocycles. The van der Waals surface area contributed by atoms with Crippen LogP contribution in [0.3, 0.4) is 0 Å². The molecule has 0 aliphatic carbocycles. The zero-order valence-electron chi connectivity index (χ0n) is 20.9. The molecule has 0 saturated carbocycles. The van der Waals surface area contributed by atoms with E-state index < -0.39 is 0 Å². The second kappa shape index (κ2) is 20.5. The fraction of sp³-hybridized carbons (Fsp3) is 0.964. The first-order chi connectivity index (χ1) is 14.7. The molecule has 1 heterocycles. The van der Waals surface area contributed by atoms with Crippen LogP contribution in [0.15, 0.2) is 0 Å². The highest BCUT2D eigenvalue weighted by Crippen LogP contribution is 2.17. The molecule has 1 atom stereocenters. The fourth-order valence-corrected chi connectivity index (χ4v) is 4.94. The van der Waals surface area contributed by atoms with Crippen molar-refractivity contribution in [3.05, 3.63) is 0 Å². The monoisotopic (exact) mass is 421 g/mol. The van der Waals surface area contributed by atoms with Crippen molar-refractivity contribution in [2.75, 3.05) is 19.6 Å². The number of piperidine rings is 1. The third kappa shape index (κ3) is 17.3. The first kappa shape index (κ1) is 27.7. The van der Waals surface area contributed by atoms with Crippen molar-refractivity contribution in [2.24, 2.45) is 5.92 Å². The van der Waals surface area contributed by atoms with Crippen LogP contribution in [-0.4, -0.2) is 30.3 Å². The fourth-order valence-electron chi connectivity index (χ4n) is 4.94. The van der Waals surface area contributed by atoms with E-state index in [1.165, 1.54) is 129 Å². The van der Waals surface area contributed by atoms with Gasteiger partial charge in [-0.15, -0.1) is 0 Å². The summed E-state index contributed by atoms with van der Waals surface area (Å²) in [7, 11) is 0. The van der Waals surface area contributed by atoms with E-state index in [9.17, 15) is 4.79 Å². The molecule has 1 fully saturated rings. The summed E-state index contributed by atoms with van der Waals surface area (Å²) in [4.78, 5) is 14.6. The Morgan fingerprint density at radius 1 is 0.700 bits per heavy atom. The number of ketones is 1. The van der Waals surface area contributed by atoms with Gasteiger partial charge in [0.15, 0.2) is 0 Å².